The molecule has 1 N–H and O–H groups in total. The molecule has 0 spiro atoms. The summed E-state index contributed by atoms with van der Waals surface area (Å²) in [6.45, 7) is 7.94. The summed E-state index contributed by atoms with van der Waals surface area (Å²) in [4.78, 5) is 13.6. The van der Waals surface area contributed by atoms with Gasteiger partial charge in [-0.3, -0.25) is 10.1 Å². The van der Waals surface area contributed by atoms with Crippen molar-refractivity contribution in [3.63, 3.8) is 0 Å². The van der Waals surface area contributed by atoms with Crippen molar-refractivity contribution in [2.45, 2.75) is 46.3 Å². The zero-order chi connectivity index (χ0) is 13.9. The second-order valence-corrected chi connectivity index (χ2v) is 7.77. The van der Waals surface area contributed by atoms with Crippen molar-refractivity contribution in [1.29, 1.82) is 0 Å². The van der Waals surface area contributed by atoms with E-state index in [1.807, 2.05) is 6.92 Å². The first-order valence-electron chi connectivity index (χ1n) is 6.53. The third-order valence-electron chi connectivity index (χ3n) is 3.25. The molecule has 2 unspecified atom stereocenters. The van der Waals surface area contributed by atoms with Crippen molar-refractivity contribution in [2.24, 2.45) is 5.92 Å². The molecule has 0 radical (unpaired) electrons. The number of nitrogens with one attached hydrogen (secondary N) is 1. The molecule has 1 rings (SSSR count). The molecular weight excluding hydrogens is 252 g/mol. The zero-order valence-electron chi connectivity index (χ0n) is 11.6. The summed E-state index contributed by atoms with van der Waals surface area (Å²) in [6, 6.07) is -0.210. The Bertz CT molecular complexity index is 392. The van der Waals surface area contributed by atoms with E-state index in [4.69, 9.17) is 0 Å². The molecule has 0 aromatic carbocycles. The molecule has 2 atom stereocenters. The molecule has 18 heavy (non-hydrogen) atoms. The maximum absolute atomic E-state index is 12.0. The average Bonchev–Trinajstić information content (AvgIpc) is 2.52. The van der Waals surface area contributed by atoms with Crippen molar-refractivity contribution in [3.8, 4) is 0 Å². The van der Waals surface area contributed by atoms with Gasteiger partial charge in [0.15, 0.2) is 9.84 Å². The lowest BCUT2D eigenvalue weighted by Gasteiger charge is -2.25. The van der Waals surface area contributed by atoms with E-state index in [1.165, 1.54) is 0 Å². The van der Waals surface area contributed by atoms with Crippen LogP contribution in [0.15, 0.2) is 0 Å². The van der Waals surface area contributed by atoms with Crippen molar-refractivity contribution in [2.75, 3.05) is 18.1 Å². The van der Waals surface area contributed by atoms with Crippen molar-refractivity contribution < 1.29 is 13.2 Å². The van der Waals surface area contributed by atoms with Crippen LogP contribution < -0.4 is 5.32 Å². The van der Waals surface area contributed by atoms with Crippen LogP contribution in [0.5, 0.6) is 0 Å². The first kappa shape index (κ1) is 15.4. The van der Waals surface area contributed by atoms with Crippen molar-refractivity contribution in [1.82, 2.24) is 10.2 Å². The summed E-state index contributed by atoms with van der Waals surface area (Å²) >= 11 is 0. The van der Waals surface area contributed by atoms with Crippen LogP contribution in [0.3, 0.4) is 0 Å². The number of carbonyl (C=O) groups is 1. The van der Waals surface area contributed by atoms with E-state index >= 15 is 0 Å². The van der Waals surface area contributed by atoms with E-state index in [-0.39, 0.29) is 29.6 Å². The Morgan fingerprint density at radius 2 is 2.00 bits per heavy atom. The average molecular weight is 276 g/mol. The summed E-state index contributed by atoms with van der Waals surface area (Å²) in [5.74, 6) is 0.656. The highest BCUT2D eigenvalue weighted by Crippen LogP contribution is 2.17. The number of sulfone groups is 1. The van der Waals surface area contributed by atoms with E-state index in [1.54, 1.807) is 11.8 Å². The number of carbonyl (C=O) groups excluding carboxylic acids is 1. The van der Waals surface area contributed by atoms with Gasteiger partial charge in [-0.2, -0.15) is 0 Å². The van der Waals surface area contributed by atoms with E-state index in [0.717, 1.165) is 6.42 Å². The van der Waals surface area contributed by atoms with Gasteiger partial charge < -0.3 is 4.90 Å². The van der Waals surface area contributed by atoms with Crippen LogP contribution in [0.4, 0.5) is 0 Å². The lowest BCUT2D eigenvalue weighted by atomic mass is 10.1. The fraction of sp³-hybridized carbons (Fsp3) is 0.917. The van der Waals surface area contributed by atoms with E-state index < -0.39 is 9.84 Å². The van der Waals surface area contributed by atoms with Gasteiger partial charge in [0.2, 0.25) is 5.91 Å². The van der Waals surface area contributed by atoms with Crippen LogP contribution in [-0.4, -0.2) is 49.5 Å². The van der Waals surface area contributed by atoms with Gasteiger partial charge in [-0.25, -0.2) is 8.42 Å². The number of amides is 1. The molecule has 0 saturated carbocycles. The lowest BCUT2D eigenvalue weighted by molar-refractivity contribution is -0.129. The van der Waals surface area contributed by atoms with E-state index in [0.29, 0.717) is 12.5 Å². The van der Waals surface area contributed by atoms with Gasteiger partial charge >= 0.3 is 0 Å². The molecule has 1 amide bonds. The van der Waals surface area contributed by atoms with Gasteiger partial charge in [-0.05, 0) is 19.3 Å². The molecule has 1 fully saturated rings. The SMILES string of the molecule is CCS(=O)(=O)CCN1C(=O)C(C)NC1CC(C)C. The van der Waals surface area contributed by atoms with Crippen LogP contribution in [0.1, 0.15) is 34.1 Å². The Balaban J connectivity index is 2.67. The summed E-state index contributed by atoms with van der Waals surface area (Å²) in [5, 5.41) is 3.22. The molecular formula is C12H24N2O3S. The fourth-order valence-electron chi connectivity index (χ4n) is 2.14. The largest absolute Gasteiger partial charge is 0.325 e. The lowest BCUT2D eigenvalue weighted by Crippen LogP contribution is -2.41. The second kappa shape index (κ2) is 6.02. The highest BCUT2D eigenvalue weighted by molar-refractivity contribution is 7.91. The Morgan fingerprint density at radius 1 is 1.39 bits per heavy atom. The van der Waals surface area contributed by atoms with Crippen LogP contribution in [0.2, 0.25) is 0 Å². The minimum atomic E-state index is -3.02. The van der Waals surface area contributed by atoms with E-state index in [9.17, 15) is 13.2 Å². The summed E-state index contributed by atoms with van der Waals surface area (Å²) in [5.41, 5.74) is 0. The maximum Gasteiger partial charge on any atom is 0.240 e. The van der Waals surface area contributed by atoms with Crippen molar-refractivity contribution >= 4 is 15.7 Å². The molecule has 0 aromatic heterocycles. The monoisotopic (exact) mass is 276 g/mol. The maximum atomic E-state index is 12.0. The molecule has 0 aliphatic carbocycles. The van der Waals surface area contributed by atoms with Crippen LogP contribution in [0, 0.1) is 5.92 Å². The Hall–Kier alpha value is -0.620. The molecule has 106 valence electrons. The smallest absolute Gasteiger partial charge is 0.240 e. The molecule has 1 aliphatic heterocycles. The minimum Gasteiger partial charge on any atom is -0.325 e. The van der Waals surface area contributed by atoms with Crippen LogP contribution in [-0.2, 0) is 14.6 Å². The van der Waals surface area contributed by atoms with E-state index in [2.05, 4.69) is 19.2 Å². The van der Waals surface area contributed by atoms with Crippen LogP contribution in [0.25, 0.3) is 0 Å². The standard InChI is InChI=1S/C12H24N2O3S/c1-5-18(16,17)7-6-14-11(8-9(2)3)13-10(4)12(14)15/h9-11,13H,5-8H2,1-4H3. The van der Waals surface area contributed by atoms with Gasteiger partial charge in [-0.1, -0.05) is 20.8 Å². The Kier molecular flexibility index (Phi) is 5.16. The topological polar surface area (TPSA) is 66.5 Å². The first-order chi connectivity index (χ1) is 8.26. The second-order valence-electron chi connectivity index (χ2n) is 5.30. The molecule has 1 aliphatic rings. The first-order valence-corrected chi connectivity index (χ1v) is 8.36. The number of hydrogen-bond acceptors (Lipinski definition) is 4. The number of hydrogen-bond donors (Lipinski definition) is 1. The molecule has 5 nitrogen and oxygen atoms in total. The summed E-state index contributed by atoms with van der Waals surface area (Å²) < 4.78 is 23.0. The van der Waals surface area contributed by atoms with Gasteiger partial charge in [-0.15, -0.1) is 0 Å². The molecule has 6 heteroatoms. The van der Waals surface area contributed by atoms with Gasteiger partial charge in [0.05, 0.1) is 18.0 Å². The highest BCUT2D eigenvalue weighted by atomic mass is 32.2. The highest BCUT2D eigenvalue weighted by Gasteiger charge is 2.36. The third-order valence-corrected chi connectivity index (χ3v) is 4.93. The van der Waals surface area contributed by atoms with Crippen molar-refractivity contribution in [3.05, 3.63) is 0 Å². The summed E-state index contributed by atoms with van der Waals surface area (Å²) in [6.07, 6.45) is 0.821. The van der Waals surface area contributed by atoms with Gasteiger partial charge in [0.1, 0.15) is 0 Å². The third kappa shape index (κ3) is 3.95. The predicted molar refractivity (Wildman–Crippen MR) is 71.9 cm³/mol. The quantitative estimate of drug-likeness (QED) is 0.772. The molecule has 0 bridgehead atoms. The van der Waals surface area contributed by atoms with Gasteiger partial charge in [0.25, 0.3) is 0 Å². The number of nitrogens with zero attached hydrogens (tertiary/aromatic N) is 1. The minimum absolute atomic E-state index is 0.00644. The number of rotatable bonds is 6. The molecule has 1 heterocycles. The molecule has 0 aromatic rings. The summed E-state index contributed by atoms with van der Waals surface area (Å²) in [7, 11) is -3.02. The normalized spacial score (nSPS) is 25.2. The molecule has 1 saturated heterocycles. The fourth-order valence-corrected chi connectivity index (χ4v) is 2.91. The zero-order valence-corrected chi connectivity index (χ0v) is 12.5. The van der Waals surface area contributed by atoms with Gasteiger partial charge in [0, 0.05) is 12.3 Å². The Morgan fingerprint density at radius 3 is 2.50 bits per heavy atom. The van der Waals surface area contributed by atoms with Crippen LogP contribution >= 0.6 is 0 Å². The predicted octanol–water partition coefficient (Wildman–Crippen LogP) is 0.614. The Labute approximate surface area is 110 Å².